The van der Waals surface area contributed by atoms with Crippen molar-refractivity contribution in [1.29, 1.82) is 0 Å². The number of fused-ring (bicyclic) bond motifs is 1. The maximum atomic E-state index is 12.7. The van der Waals surface area contributed by atoms with Crippen LogP contribution in [-0.2, 0) is 6.54 Å². The minimum absolute atomic E-state index is 0.00358. The van der Waals surface area contributed by atoms with Crippen molar-refractivity contribution in [2.24, 2.45) is 0 Å². The van der Waals surface area contributed by atoms with Gasteiger partial charge in [-0.3, -0.25) is 0 Å². The third-order valence-corrected chi connectivity index (χ3v) is 5.91. The quantitative estimate of drug-likeness (QED) is 0.759. The summed E-state index contributed by atoms with van der Waals surface area (Å²) in [5.74, 6) is 0.304. The van der Waals surface area contributed by atoms with Crippen LogP contribution >= 0.6 is 11.3 Å². The molecule has 0 aliphatic carbocycles. The number of carbonyl (C=O) groups is 1. The summed E-state index contributed by atoms with van der Waals surface area (Å²) >= 11 is 1.64. The number of piperidine rings is 1. The molecule has 1 aromatic heterocycles. The van der Waals surface area contributed by atoms with E-state index >= 15 is 0 Å². The van der Waals surface area contributed by atoms with Gasteiger partial charge in [0.05, 0.1) is 0 Å². The number of likely N-dealkylation sites (tertiary alicyclic amines) is 1. The number of urea groups is 1. The monoisotopic (exact) mass is 366 g/mol. The van der Waals surface area contributed by atoms with Gasteiger partial charge in [0.1, 0.15) is 10.0 Å². The highest BCUT2D eigenvalue weighted by atomic mass is 32.1. The fraction of sp³-hybridized carbons (Fsp3) is 0.350. The lowest BCUT2D eigenvalue weighted by Gasteiger charge is -2.31. The molecule has 6 heteroatoms. The Hall–Kier alpha value is -2.47. The van der Waals surface area contributed by atoms with Gasteiger partial charge < -0.3 is 10.2 Å². The molecule has 0 spiro atoms. The van der Waals surface area contributed by atoms with Crippen molar-refractivity contribution in [3.05, 3.63) is 58.0 Å². The lowest BCUT2D eigenvalue weighted by Crippen LogP contribution is -2.44. The molecule has 0 unspecified atom stereocenters. The third-order valence-electron chi connectivity index (χ3n) is 4.91. The van der Waals surface area contributed by atoms with Crippen molar-refractivity contribution >= 4 is 28.1 Å². The summed E-state index contributed by atoms with van der Waals surface area (Å²) in [6.07, 6.45) is 2.08. The van der Waals surface area contributed by atoms with Crippen LogP contribution in [0, 0.1) is 6.92 Å². The smallest absolute Gasteiger partial charge is 0.317 e. The van der Waals surface area contributed by atoms with Crippen LogP contribution in [0.25, 0.3) is 10.8 Å². The van der Waals surface area contributed by atoms with E-state index in [1.54, 1.807) is 11.3 Å². The van der Waals surface area contributed by atoms with Crippen LogP contribution < -0.4 is 5.32 Å². The lowest BCUT2D eigenvalue weighted by molar-refractivity contribution is 0.179. The molecule has 0 saturated carbocycles. The topological polar surface area (TPSA) is 58.1 Å². The molecular formula is C20H22N4OS. The average Bonchev–Trinajstić information content (AvgIpc) is 3.12. The zero-order chi connectivity index (χ0) is 17.9. The number of aryl methyl sites for hydroxylation is 1. The van der Waals surface area contributed by atoms with Crippen molar-refractivity contribution in [2.45, 2.75) is 32.2 Å². The average molecular weight is 366 g/mol. The van der Waals surface area contributed by atoms with E-state index in [4.69, 9.17) is 0 Å². The van der Waals surface area contributed by atoms with Crippen molar-refractivity contribution in [2.75, 3.05) is 13.1 Å². The zero-order valence-electron chi connectivity index (χ0n) is 14.8. The second kappa shape index (κ2) is 7.41. The van der Waals surface area contributed by atoms with Crippen LogP contribution in [0.1, 0.15) is 34.3 Å². The van der Waals surface area contributed by atoms with Gasteiger partial charge in [-0.05, 0) is 36.1 Å². The van der Waals surface area contributed by atoms with E-state index < -0.39 is 0 Å². The first kappa shape index (κ1) is 17.0. The fourth-order valence-corrected chi connectivity index (χ4v) is 4.39. The number of aromatic nitrogens is 2. The normalized spacial score (nSPS) is 17.4. The second-order valence-electron chi connectivity index (χ2n) is 6.74. The summed E-state index contributed by atoms with van der Waals surface area (Å²) in [7, 11) is 0. The molecule has 1 aliphatic rings. The Bertz CT molecular complexity index is 918. The van der Waals surface area contributed by atoms with E-state index in [-0.39, 0.29) is 6.03 Å². The second-order valence-corrected chi connectivity index (χ2v) is 7.95. The number of hydrogen-bond donors (Lipinski definition) is 1. The minimum atomic E-state index is 0.00358. The maximum absolute atomic E-state index is 12.7. The molecule has 26 heavy (non-hydrogen) atoms. The predicted molar refractivity (Wildman–Crippen MR) is 104 cm³/mol. The minimum Gasteiger partial charge on any atom is -0.334 e. The summed E-state index contributed by atoms with van der Waals surface area (Å²) in [6, 6.07) is 14.5. The molecule has 2 aromatic carbocycles. The summed E-state index contributed by atoms with van der Waals surface area (Å²) in [5, 5.41) is 15.9. The van der Waals surface area contributed by atoms with E-state index in [0.717, 1.165) is 41.5 Å². The van der Waals surface area contributed by atoms with Gasteiger partial charge in [-0.1, -0.05) is 42.5 Å². The number of nitrogens with zero attached hydrogens (tertiary/aromatic N) is 3. The highest BCUT2D eigenvalue weighted by Gasteiger charge is 2.26. The van der Waals surface area contributed by atoms with Crippen molar-refractivity contribution < 1.29 is 4.79 Å². The molecule has 0 radical (unpaired) electrons. The number of nitrogens with one attached hydrogen (secondary N) is 1. The Morgan fingerprint density at radius 2 is 2.08 bits per heavy atom. The number of rotatable bonds is 3. The zero-order valence-corrected chi connectivity index (χ0v) is 15.6. The van der Waals surface area contributed by atoms with E-state index in [2.05, 4.69) is 39.8 Å². The van der Waals surface area contributed by atoms with Crippen molar-refractivity contribution in [3.8, 4) is 0 Å². The number of amides is 2. The van der Waals surface area contributed by atoms with Gasteiger partial charge in [-0.25, -0.2) is 4.79 Å². The Labute approximate surface area is 157 Å². The summed E-state index contributed by atoms with van der Waals surface area (Å²) in [6.45, 7) is 4.03. The van der Waals surface area contributed by atoms with Gasteiger partial charge >= 0.3 is 6.03 Å². The van der Waals surface area contributed by atoms with Crippen LogP contribution in [0.2, 0.25) is 0 Å². The fourth-order valence-electron chi connectivity index (χ4n) is 3.57. The lowest BCUT2D eigenvalue weighted by atomic mass is 9.99. The SMILES string of the molecule is Cc1nnc([C@@H]2CCCN(C(=O)NCc3cccc4ccccc34)C2)s1. The Balaban J connectivity index is 1.41. The van der Waals surface area contributed by atoms with Gasteiger partial charge in [0.2, 0.25) is 0 Å². The predicted octanol–water partition coefficient (Wildman–Crippen LogP) is 4.09. The summed E-state index contributed by atoms with van der Waals surface area (Å²) in [4.78, 5) is 14.6. The van der Waals surface area contributed by atoms with E-state index in [0.29, 0.717) is 12.5 Å². The van der Waals surface area contributed by atoms with E-state index in [1.807, 2.05) is 30.0 Å². The first-order chi connectivity index (χ1) is 12.7. The molecule has 3 aromatic rings. The van der Waals surface area contributed by atoms with Crippen LogP contribution in [0.15, 0.2) is 42.5 Å². The molecule has 2 amide bonds. The Morgan fingerprint density at radius 3 is 2.92 bits per heavy atom. The molecule has 1 saturated heterocycles. The Kier molecular flexibility index (Phi) is 4.84. The summed E-state index contributed by atoms with van der Waals surface area (Å²) in [5.41, 5.74) is 1.14. The van der Waals surface area contributed by atoms with E-state index in [1.165, 1.54) is 10.8 Å². The van der Waals surface area contributed by atoms with Gasteiger partial charge in [-0.15, -0.1) is 21.5 Å². The van der Waals surface area contributed by atoms with Gasteiger partial charge in [0.15, 0.2) is 0 Å². The molecule has 0 bridgehead atoms. The number of hydrogen-bond acceptors (Lipinski definition) is 4. The largest absolute Gasteiger partial charge is 0.334 e. The maximum Gasteiger partial charge on any atom is 0.317 e. The standard InChI is InChI=1S/C20H22N4OS/c1-14-22-23-19(26-14)17-9-5-11-24(13-17)20(25)21-12-16-8-4-7-15-6-2-3-10-18(15)16/h2-4,6-8,10,17H,5,9,11-13H2,1H3,(H,21,25)/t17-/m1/s1. The highest BCUT2D eigenvalue weighted by molar-refractivity contribution is 7.11. The molecule has 1 atom stereocenters. The van der Waals surface area contributed by atoms with Crippen molar-refractivity contribution in [1.82, 2.24) is 20.4 Å². The van der Waals surface area contributed by atoms with Gasteiger partial charge in [-0.2, -0.15) is 0 Å². The molecule has 4 rings (SSSR count). The van der Waals surface area contributed by atoms with Crippen LogP contribution in [0.3, 0.4) is 0 Å². The number of benzene rings is 2. The molecule has 1 aliphatic heterocycles. The van der Waals surface area contributed by atoms with Crippen LogP contribution in [-0.4, -0.2) is 34.2 Å². The molecule has 5 nitrogen and oxygen atoms in total. The highest BCUT2D eigenvalue weighted by Crippen LogP contribution is 2.29. The molecule has 1 fully saturated rings. The first-order valence-corrected chi connectivity index (χ1v) is 9.82. The van der Waals surface area contributed by atoms with Crippen LogP contribution in [0.5, 0.6) is 0 Å². The van der Waals surface area contributed by atoms with Crippen LogP contribution in [0.4, 0.5) is 4.79 Å². The molecular weight excluding hydrogens is 344 g/mol. The van der Waals surface area contributed by atoms with Crippen molar-refractivity contribution in [3.63, 3.8) is 0 Å². The van der Waals surface area contributed by atoms with E-state index in [9.17, 15) is 4.79 Å². The first-order valence-electron chi connectivity index (χ1n) is 9.00. The molecule has 1 N–H and O–H groups in total. The number of carbonyl (C=O) groups excluding carboxylic acids is 1. The molecule has 134 valence electrons. The van der Waals surface area contributed by atoms with Gasteiger partial charge in [0, 0.05) is 25.6 Å². The summed E-state index contributed by atoms with van der Waals surface area (Å²) < 4.78 is 0. The van der Waals surface area contributed by atoms with Gasteiger partial charge in [0.25, 0.3) is 0 Å². The Morgan fingerprint density at radius 1 is 1.23 bits per heavy atom. The molecule has 2 heterocycles. The third kappa shape index (κ3) is 3.55.